The maximum Gasteiger partial charge on any atom is 0.312 e. The summed E-state index contributed by atoms with van der Waals surface area (Å²) >= 11 is 0. The molecule has 2 rings (SSSR count). The first kappa shape index (κ1) is 41.8. The molecule has 0 aliphatic rings. The van der Waals surface area contributed by atoms with Crippen LogP contribution in [-0.2, 0) is 42.9 Å². The quantitative estimate of drug-likeness (QED) is 0.0788. The van der Waals surface area contributed by atoms with Crippen LogP contribution < -0.4 is 4.74 Å². The maximum atomic E-state index is 14.1. The highest BCUT2D eigenvalue weighted by atomic mass is 16.6. The van der Waals surface area contributed by atoms with E-state index in [1.165, 1.54) is 0 Å². The van der Waals surface area contributed by atoms with E-state index < -0.39 is 52.0 Å². The monoisotopic (exact) mass is 698 g/mol. The number of hydrogen-bond acceptors (Lipinski definition) is 10. The van der Waals surface area contributed by atoms with Crippen molar-refractivity contribution in [2.75, 3.05) is 33.0 Å². The van der Waals surface area contributed by atoms with E-state index >= 15 is 0 Å². The Morgan fingerprint density at radius 3 is 1.78 bits per heavy atom. The summed E-state index contributed by atoms with van der Waals surface area (Å²) < 4.78 is 27.9. The minimum absolute atomic E-state index is 0.00773. The van der Waals surface area contributed by atoms with E-state index in [9.17, 15) is 24.0 Å². The zero-order valence-corrected chi connectivity index (χ0v) is 30.5. The van der Waals surface area contributed by atoms with E-state index in [2.05, 4.69) is 0 Å². The topological polar surface area (TPSA) is 152 Å². The van der Waals surface area contributed by atoms with Gasteiger partial charge in [0.15, 0.2) is 0 Å². The minimum Gasteiger partial charge on any atom is -0.490 e. The minimum atomic E-state index is -1.35. The van der Waals surface area contributed by atoms with Crippen LogP contribution in [0.3, 0.4) is 0 Å². The van der Waals surface area contributed by atoms with E-state index in [0.29, 0.717) is 12.2 Å². The van der Waals surface area contributed by atoms with Crippen LogP contribution in [0.2, 0.25) is 0 Å². The predicted octanol–water partition coefficient (Wildman–Crippen LogP) is 6.77. The Hall–Kier alpha value is -4.41. The van der Waals surface area contributed by atoms with E-state index in [0.717, 1.165) is 5.56 Å². The van der Waals surface area contributed by atoms with Gasteiger partial charge in [-0.05, 0) is 69.6 Å². The van der Waals surface area contributed by atoms with Gasteiger partial charge in [0.25, 0.3) is 0 Å². The molecule has 2 aromatic carbocycles. The van der Waals surface area contributed by atoms with E-state index in [-0.39, 0.29) is 64.6 Å². The average Bonchev–Trinajstić information content (AvgIpc) is 3.09. The van der Waals surface area contributed by atoms with Gasteiger partial charge in [0, 0.05) is 0 Å². The van der Waals surface area contributed by atoms with Gasteiger partial charge in [0.2, 0.25) is 0 Å². The molecule has 276 valence electrons. The van der Waals surface area contributed by atoms with Crippen molar-refractivity contribution in [2.24, 2.45) is 22.2 Å². The van der Waals surface area contributed by atoms with Gasteiger partial charge in [0.1, 0.15) is 32.2 Å². The summed E-state index contributed by atoms with van der Waals surface area (Å²) in [5.74, 6) is -3.27. The molecule has 1 N–H and O–H groups in total. The molecule has 0 bridgehead atoms. The SMILES string of the molecule is CCC(C)(CC(C)(CC(C)(C(=O)OCCOC(=O)CCC(=O)O)C(C)c1ccccc1)C(=O)OCC(C)C)C(=O)OCCOc1ccccc1. The van der Waals surface area contributed by atoms with Crippen molar-refractivity contribution in [2.45, 2.75) is 86.5 Å². The fraction of sp³-hybridized carbons (Fsp3) is 0.564. The highest BCUT2D eigenvalue weighted by molar-refractivity contribution is 5.83. The van der Waals surface area contributed by atoms with Gasteiger partial charge in [-0.3, -0.25) is 24.0 Å². The third-order valence-electron chi connectivity index (χ3n) is 9.02. The molecular weight excluding hydrogens is 644 g/mol. The number of carboxylic acids is 1. The highest BCUT2D eigenvalue weighted by Gasteiger charge is 2.53. The second kappa shape index (κ2) is 19.7. The van der Waals surface area contributed by atoms with Crippen molar-refractivity contribution in [1.29, 1.82) is 0 Å². The number of aliphatic carboxylic acids is 1. The molecule has 11 heteroatoms. The molecule has 0 radical (unpaired) electrons. The molecule has 4 unspecified atom stereocenters. The van der Waals surface area contributed by atoms with Crippen LogP contribution in [0.5, 0.6) is 5.75 Å². The Morgan fingerprint density at radius 2 is 1.20 bits per heavy atom. The first-order valence-corrected chi connectivity index (χ1v) is 17.2. The van der Waals surface area contributed by atoms with Crippen LogP contribution in [0.1, 0.15) is 92.1 Å². The molecule has 50 heavy (non-hydrogen) atoms. The van der Waals surface area contributed by atoms with Crippen LogP contribution >= 0.6 is 0 Å². The smallest absolute Gasteiger partial charge is 0.312 e. The number of ether oxygens (including phenoxy) is 5. The standard InChI is InChI=1S/C39H54O11/c1-8-37(5,34(43)48-23-21-46-31-17-13-10-14-18-31)26-38(6,35(44)50-25-28(2)3)27-39(7,29(4)30-15-11-9-12-16-30)36(45)49-24-22-47-33(42)20-19-32(40)41/h9-18,28-29H,8,19-27H2,1-7H3,(H,40,41). The molecule has 0 aromatic heterocycles. The van der Waals surface area contributed by atoms with Gasteiger partial charge in [-0.15, -0.1) is 0 Å². The van der Waals surface area contributed by atoms with Crippen molar-refractivity contribution < 1.29 is 52.8 Å². The van der Waals surface area contributed by atoms with Gasteiger partial charge in [0.05, 0.1) is 35.7 Å². The summed E-state index contributed by atoms with van der Waals surface area (Å²) in [6.45, 7) is 12.5. The number of para-hydroxylation sites is 1. The number of carbonyl (C=O) groups excluding carboxylic acids is 4. The van der Waals surface area contributed by atoms with Gasteiger partial charge < -0.3 is 28.8 Å². The summed E-state index contributed by atoms with van der Waals surface area (Å²) in [5.41, 5.74) is -2.95. The van der Waals surface area contributed by atoms with Crippen molar-refractivity contribution in [3.63, 3.8) is 0 Å². The van der Waals surface area contributed by atoms with Gasteiger partial charge >= 0.3 is 29.8 Å². The maximum absolute atomic E-state index is 14.1. The fourth-order valence-electron chi connectivity index (χ4n) is 5.87. The number of rotatable bonds is 22. The first-order chi connectivity index (χ1) is 23.6. The number of hydrogen-bond donors (Lipinski definition) is 1. The summed E-state index contributed by atoms with van der Waals surface area (Å²) in [6, 6.07) is 18.5. The number of esters is 4. The van der Waals surface area contributed by atoms with Gasteiger partial charge in [-0.1, -0.05) is 76.2 Å². The summed E-state index contributed by atoms with van der Waals surface area (Å²) in [6.07, 6.45) is -0.341. The van der Waals surface area contributed by atoms with Crippen molar-refractivity contribution in [3.8, 4) is 5.75 Å². The molecule has 0 aliphatic carbocycles. The summed E-state index contributed by atoms with van der Waals surface area (Å²) in [4.78, 5) is 64.4. The number of carboxylic acid groups (broad SMARTS) is 1. The average molecular weight is 699 g/mol. The normalized spacial score (nSPS) is 15.4. The Kier molecular flexibility index (Phi) is 16.4. The van der Waals surface area contributed by atoms with Crippen molar-refractivity contribution >= 4 is 29.8 Å². The number of benzene rings is 2. The van der Waals surface area contributed by atoms with Crippen molar-refractivity contribution in [1.82, 2.24) is 0 Å². The van der Waals surface area contributed by atoms with Crippen LogP contribution in [0.4, 0.5) is 0 Å². The molecule has 0 saturated heterocycles. The lowest BCUT2D eigenvalue weighted by Crippen LogP contribution is -2.47. The van der Waals surface area contributed by atoms with E-state index in [1.54, 1.807) is 32.9 Å². The first-order valence-electron chi connectivity index (χ1n) is 17.2. The summed E-state index contributed by atoms with van der Waals surface area (Å²) in [7, 11) is 0. The van der Waals surface area contributed by atoms with Crippen LogP contribution in [-0.4, -0.2) is 68.0 Å². The molecule has 0 spiro atoms. The third-order valence-corrected chi connectivity index (χ3v) is 9.02. The second-order valence-electron chi connectivity index (χ2n) is 13.9. The third kappa shape index (κ3) is 12.8. The van der Waals surface area contributed by atoms with Crippen LogP contribution in [0.25, 0.3) is 0 Å². The molecule has 0 saturated carbocycles. The van der Waals surface area contributed by atoms with Gasteiger partial charge in [-0.25, -0.2) is 0 Å². The Labute approximate surface area is 296 Å². The molecule has 11 nitrogen and oxygen atoms in total. The van der Waals surface area contributed by atoms with Crippen molar-refractivity contribution in [3.05, 3.63) is 66.2 Å². The molecule has 0 aliphatic heterocycles. The predicted molar refractivity (Wildman–Crippen MR) is 186 cm³/mol. The van der Waals surface area contributed by atoms with Crippen LogP contribution in [0.15, 0.2) is 60.7 Å². The lowest BCUT2D eigenvalue weighted by Gasteiger charge is -2.43. The Balaban J connectivity index is 2.36. The second-order valence-corrected chi connectivity index (χ2v) is 13.9. The molecule has 2 aromatic rings. The molecule has 0 amide bonds. The van der Waals surface area contributed by atoms with Gasteiger partial charge in [-0.2, -0.15) is 0 Å². The Bertz CT molecular complexity index is 1390. The largest absolute Gasteiger partial charge is 0.490 e. The zero-order chi connectivity index (χ0) is 37.4. The molecule has 4 atom stereocenters. The lowest BCUT2D eigenvalue weighted by molar-refractivity contribution is -0.172. The Morgan fingerprint density at radius 1 is 0.660 bits per heavy atom. The lowest BCUT2D eigenvalue weighted by atomic mass is 9.60. The number of carbonyl (C=O) groups is 5. The molecule has 0 heterocycles. The zero-order valence-electron chi connectivity index (χ0n) is 30.5. The highest BCUT2D eigenvalue weighted by Crippen LogP contribution is 2.50. The fourth-order valence-corrected chi connectivity index (χ4v) is 5.87. The van der Waals surface area contributed by atoms with E-state index in [1.807, 2.05) is 76.2 Å². The molecule has 0 fully saturated rings. The van der Waals surface area contributed by atoms with E-state index in [4.69, 9.17) is 28.8 Å². The van der Waals surface area contributed by atoms with Crippen LogP contribution in [0, 0.1) is 22.2 Å². The molecular formula is C39H54O11. The summed E-state index contributed by atoms with van der Waals surface area (Å²) in [5, 5.41) is 8.80.